The van der Waals surface area contributed by atoms with Crippen LogP contribution in [0.4, 0.5) is 10.7 Å². The Balaban J connectivity index is 1.96. The Morgan fingerprint density at radius 2 is 1.95 bits per heavy atom. The van der Waals surface area contributed by atoms with Crippen molar-refractivity contribution in [2.75, 3.05) is 5.32 Å². The van der Waals surface area contributed by atoms with Gasteiger partial charge in [0.25, 0.3) is 5.95 Å². The number of hydrogen-bond donors (Lipinski definition) is 3. The first-order chi connectivity index (χ1) is 10.1. The van der Waals surface area contributed by atoms with E-state index in [0.717, 1.165) is 5.56 Å². The van der Waals surface area contributed by atoms with Crippen LogP contribution in [0.15, 0.2) is 42.7 Å². The molecule has 1 atom stereocenters. The molecule has 3 N–H and O–H groups in total. The highest BCUT2D eigenvalue weighted by molar-refractivity contribution is 5.90. The topological polar surface area (TPSA) is 117 Å². The number of anilines is 1. The van der Waals surface area contributed by atoms with E-state index in [4.69, 9.17) is 5.11 Å². The largest absolute Gasteiger partial charge is 0.480 e. The Bertz CT molecular complexity index is 606. The minimum atomic E-state index is -1.12. The monoisotopic (exact) mass is 287 g/mol. The van der Waals surface area contributed by atoms with E-state index < -0.39 is 18.0 Å². The van der Waals surface area contributed by atoms with Crippen LogP contribution in [-0.2, 0) is 11.2 Å². The molecule has 1 unspecified atom stereocenters. The molecule has 0 bridgehead atoms. The van der Waals surface area contributed by atoms with E-state index in [1.807, 2.05) is 6.07 Å². The summed E-state index contributed by atoms with van der Waals surface area (Å²) in [6.07, 6.45) is 2.90. The van der Waals surface area contributed by atoms with Crippen LogP contribution >= 0.6 is 0 Å². The summed E-state index contributed by atoms with van der Waals surface area (Å²) in [5, 5.41) is 21.0. The van der Waals surface area contributed by atoms with Gasteiger partial charge in [-0.1, -0.05) is 30.3 Å². The van der Waals surface area contributed by atoms with Gasteiger partial charge in [-0.15, -0.1) is 5.10 Å². The number of rotatable bonds is 5. The van der Waals surface area contributed by atoms with E-state index in [2.05, 4.69) is 25.8 Å². The van der Waals surface area contributed by atoms with Crippen molar-refractivity contribution in [1.29, 1.82) is 0 Å². The fourth-order valence-electron chi connectivity index (χ4n) is 1.65. The average molecular weight is 287 g/mol. The quantitative estimate of drug-likeness (QED) is 0.744. The van der Waals surface area contributed by atoms with Crippen molar-refractivity contribution in [2.45, 2.75) is 12.5 Å². The van der Waals surface area contributed by atoms with Crippen LogP contribution in [0.5, 0.6) is 0 Å². The molecule has 0 spiro atoms. The summed E-state index contributed by atoms with van der Waals surface area (Å²) < 4.78 is 0. The van der Waals surface area contributed by atoms with Gasteiger partial charge in [-0.2, -0.15) is 5.10 Å². The molecule has 108 valence electrons. The molecular weight excluding hydrogens is 274 g/mol. The lowest BCUT2D eigenvalue weighted by molar-refractivity contribution is -0.139. The highest BCUT2D eigenvalue weighted by Crippen LogP contribution is 2.04. The number of urea groups is 1. The molecule has 0 saturated carbocycles. The van der Waals surface area contributed by atoms with Gasteiger partial charge in [0, 0.05) is 6.42 Å². The normalized spacial score (nSPS) is 11.4. The van der Waals surface area contributed by atoms with Gasteiger partial charge in [-0.05, 0) is 5.56 Å². The molecule has 0 aliphatic rings. The van der Waals surface area contributed by atoms with E-state index in [0.29, 0.717) is 0 Å². The smallest absolute Gasteiger partial charge is 0.326 e. The van der Waals surface area contributed by atoms with Crippen LogP contribution in [0.2, 0.25) is 0 Å². The molecule has 2 amide bonds. The predicted octanol–water partition coefficient (Wildman–Crippen LogP) is 0.689. The minimum Gasteiger partial charge on any atom is -0.480 e. The zero-order valence-corrected chi connectivity index (χ0v) is 10.9. The second kappa shape index (κ2) is 6.94. The lowest BCUT2D eigenvalue weighted by Crippen LogP contribution is -2.44. The van der Waals surface area contributed by atoms with E-state index in [9.17, 15) is 9.59 Å². The van der Waals surface area contributed by atoms with Gasteiger partial charge in [-0.25, -0.2) is 14.6 Å². The second-order valence-corrected chi connectivity index (χ2v) is 4.15. The van der Waals surface area contributed by atoms with Crippen LogP contribution in [0.1, 0.15) is 5.56 Å². The first kappa shape index (κ1) is 14.4. The number of aromatic nitrogens is 3. The first-order valence-corrected chi connectivity index (χ1v) is 6.13. The van der Waals surface area contributed by atoms with Crippen molar-refractivity contribution in [3.05, 3.63) is 48.3 Å². The third-order valence-corrected chi connectivity index (χ3v) is 2.59. The number of nitrogens with zero attached hydrogens (tertiary/aromatic N) is 3. The second-order valence-electron chi connectivity index (χ2n) is 4.15. The standard InChI is InChI=1S/C13H13N5O3/c19-11(20)10(8-9-4-2-1-3-5-9)16-13(21)17-12-14-6-7-15-18-12/h1-7,10H,8H2,(H,19,20)(H2,14,16,17,18,21). The fourth-order valence-corrected chi connectivity index (χ4v) is 1.65. The van der Waals surface area contributed by atoms with Gasteiger partial charge in [-0.3, -0.25) is 5.32 Å². The van der Waals surface area contributed by atoms with E-state index in [1.165, 1.54) is 12.4 Å². The van der Waals surface area contributed by atoms with Gasteiger partial charge in [0.2, 0.25) is 0 Å². The Kier molecular flexibility index (Phi) is 4.75. The van der Waals surface area contributed by atoms with Crippen LogP contribution in [-0.4, -0.2) is 38.3 Å². The molecule has 0 aliphatic heterocycles. The molecule has 21 heavy (non-hydrogen) atoms. The minimum absolute atomic E-state index is 0.00106. The summed E-state index contributed by atoms with van der Waals surface area (Å²) >= 11 is 0. The van der Waals surface area contributed by atoms with Gasteiger partial charge in [0.05, 0.1) is 12.4 Å². The number of carbonyl (C=O) groups excluding carboxylic acids is 1. The number of carboxylic acids is 1. The number of amides is 2. The molecule has 2 aromatic rings. The van der Waals surface area contributed by atoms with Crippen molar-refractivity contribution in [2.24, 2.45) is 0 Å². The summed E-state index contributed by atoms with van der Waals surface area (Å²) in [6, 6.07) is 7.27. The lowest BCUT2D eigenvalue weighted by Gasteiger charge is -2.14. The van der Waals surface area contributed by atoms with Crippen LogP contribution in [0.25, 0.3) is 0 Å². The Morgan fingerprint density at radius 3 is 2.57 bits per heavy atom. The van der Waals surface area contributed by atoms with Crippen molar-refractivity contribution in [3.8, 4) is 0 Å². The van der Waals surface area contributed by atoms with Gasteiger partial charge < -0.3 is 10.4 Å². The lowest BCUT2D eigenvalue weighted by atomic mass is 10.1. The zero-order chi connectivity index (χ0) is 15.1. The molecule has 8 nitrogen and oxygen atoms in total. The van der Waals surface area contributed by atoms with Crippen LogP contribution in [0, 0.1) is 0 Å². The highest BCUT2D eigenvalue weighted by atomic mass is 16.4. The maximum atomic E-state index is 11.7. The number of carboxylic acid groups (broad SMARTS) is 1. The summed E-state index contributed by atoms with van der Waals surface area (Å²) in [5.74, 6) is -1.13. The van der Waals surface area contributed by atoms with Crippen molar-refractivity contribution >= 4 is 17.9 Å². The van der Waals surface area contributed by atoms with Crippen LogP contribution < -0.4 is 10.6 Å². The Morgan fingerprint density at radius 1 is 1.19 bits per heavy atom. The molecule has 1 aromatic carbocycles. The number of nitrogens with one attached hydrogen (secondary N) is 2. The van der Waals surface area contributed by atoms with Gasteiger partial charge in [0.15, 0.2) is 0 Å². The van der Waals surface area contributed by atoms with Crippen molar-refractivity contribution in [1.82, 2.24) is 20.5 Å². The molecule has 0 saturated heterocycles. The predicted molar refractivity (Wildman–Crippen MR) is 73.6 cm³/mol. The van der Waals surface area contributed by atoms with Crippen molar-refractivity contribution in [3.63, 3.8) is 0 Å². The van der Waals surface area contributed by atoms with Crippen molar-refractivity contribution < 1.29 is 14.7 Å². The molecule has 0 aliphatic carbocycles. The Labute approximate surface area is 120 Å². The third-order valence-electron chi connectivity index (χ3n) is 2.59. The average Bonchev–Trinajstić information content (AvgIpc) is 2.48. The molecule has 2 rings (SSSR count). The first-order valence-electron chi connectivity index (χ1n) is 6.13. The summed E-state index contributed by atoms with van der Waals surface area (Å²) in [4.78, 5) is 26.7. The summed E-state index contributed by atoms with van der Waals surface area (Å²) in [5.41, 5.74) is 0.808. The molecule has 1 aromatic heterocycles. The zero-order valence-electron chi connectivity index (χ0n) is 10.9. The summed E-state index contributed by atoms with van der Waals surface area (Å²) in [6.45, 7) is 0. The van der Waals surface area contributed by atoms with E-state index in [-0.39, 0.29) is 12.4 Å². The van der Waals surface area contributed by atoms with Gasteiger partial charge >= 0.3 is 12.0 Å². The van der Waals surface area contributed by atoms with E-state index >= 15 is 0 Å². The number of benzene rings is 1. The highest BCUT2D eigenvalue weighted by Gasteiger charge is 2.20. The molecule has 8 heteroatoms. The fraction of sp³-hybridized carbons (Fsp3) is 0.154. The van der Waals surface area contributed by atoms with Crippen LogP contribution in [0.3, 0.4) is 0 Å². The number of hydrogen-bond acceptors (Lipinski definition) is 5. The molecule has 0 fully saturated rings. The molecule has 0 radical (unpaired) electrons. The maximum Gasteiger partial charge on any atom is 0.326 e. The molecule has 1 heterocycles. The Hall–Kier alpha value is -3.03. The van der Waals surface area contributed by atoms with Gasteiger partial charge in [0.1, 0.15) is 6.04 Å². The van der Waals surface area contributed by atoms with E-state index in [1.54, 1.807) is 24.3 Å². The summed E-state index contributed by atoms with van der Waals surface area (Å²) in [7, 11) is 0. The third kappa shape index (κ3) is 4.53. The number of aliphatic carboxylic acids is 1. The maximum absolute atomic E-state index is 11.7. The number of carbonyl (C=O) groups is 2. The SMILES string of the molecule is O=C(Nc1nccnn1)NC(Cc1ccccc1)C(=O)O. The molecular formula is C13H13N5O3.